The number of benzene rings is 2. The Bertz CT molecular complexity index is 981. The summed E-state index contributed by atoms with van der Waals surface area (Å²) in [5.74, 6) is 0.135. The molecule has 1 aromatic heterocycles. The number of amides is 1. The smallest absolute Gasteiger partial charge is 0.254 e. The Morgan fingerprint density at radius 3 is 2.72 bits per heavy atom. The molecule has 2 heterocycles. The number of aromatic nitrogens is 1. The molecule has 0 atom stereocenters. The van der Waals surface area contributed by atoms with Crippen LogP contribution in [0.4, 0.5) is 0 Å². The second kappa shape index (κ2) is 6.25. The summed E-state index contributed by atoms with van der Waals surface area (Å²) in [4.78, 5) is 18.2. The van der Waals surface area contributed by atoms with Gasteiger partial charge >= 0.3 is 0 Å². The molecule has 0 radical (unpaired) electrons. The molecule has 2 aromatic carbocycles. The van der Waals surface area contributed by atoms with Crippen molar-refractivity contribution < 1.29 is 4.79 Å². The fourth-order valence-corrected chi connectivity index (χ4v) is 3.59. The van der Waals surface area contributed by atoms with Gasteiger partial charge in [0.25, 0.3) is 5.91 Å². The molecule has 3 nitrogen and oxygen atoms in total. The number of hydrogen-bond donors (Lipinski definition) is 1. The lowest BCUT2D eigenvalue weighted by Gasteiger charge is -2.27. The van der Waals surface area contributed by atoms with Crippen LogP contribution in [0.3, 0.4) is 0 Å². The van der Waals surface area contributed by atoms with E-state index < -0.39 is 0 Å². The molecule has 0 fully saturated rings. The van der Waals surface area contributed by atoms with Crippen LogP contribution < -0.4 is 0 Å². The van der Waals surface area contributed by atoms with Gasteiger partial charge in [0.1, 0.15) is 0 Å². The second-order valence-electron chi connectivity index (χ2n) is 6.73. The number of carbonyl (C=O) groups is 1. The Hall–Kier alpha value is -2.81. The maximum atomic E-state index is 12.9. The molecule has 0 unspecified atom stereocenters. The van der Waals surface area contributed by atoms with Crippen LogP contribution in [-0.4, -0.2) is 28.9 Å². The molecule has 4 rings (SSSR count). The molecule has 1 aliphatic rings. The van der Waals surface area contributed by atoms with Crippen LogP contribution in [0.2, 0.25) is 0 Å². The van der Waals surface area contributed by atoms with Gasteiger partial charge in [0.05, 0.1) is 0 Å². The summed E-state index contributed by atoms with van der Waals surface area (Å²) >= 11 is 0. The van der Waals surface area contributed by atoms with Crippen molar-refractivity contribution >= 4 is 22.4 Å². The third-order valence-corrected chi connectivity index (χ3v) is 5.27. The van der Waals surface area contributed by atoms with Gasteiger partial charge in [0, 0.05) is 41.3 Å². The van der Waals surface area contributed by atoms with Gasteiger partial charge in [-0.2, -0.15) is 0 Å². The lowest BCUT2D eigenvalue weighted by atomic mass is 9.97. The highest BCUT2D eigenvalue weighted by Crippen LogP contribution is 2.29. The second-order valence-corrected chi connectivity index (χ2v) is 6.73. The third kappa shape index (κ3) is 2.76. The minimum absolute atomic E-state index is 0.135. The molecule has 0 bridgehead atoms. The topological polar surface area (TPSA) is 36.1 Å². The van der Waals surface area contributed by atoms with Gasteiger partial charge in [-0.3, -0.25) is 4.79 Å². The first kappa shape index (κ1) is 15.7. The van der Waals surface area contributed by atoms with Crippen molar-refractivity contribution in [2.45, 2.75) is 20.3 Å². The summed E-state index contributed by atoms with van der Waals surface area (Å²) in [6.07, 6.45) is 5.17. The molecule has 0 spiro atoms. The molecule has 3 heteroatoms. The highest BCUT2D eigenvalue weighted by Gasteiger charge is 2.21. The number of para-hydroxylation sites is 1. The highest BCUT2D eigenvalue weighted by molar-refractivity contribution is 5.97. The zero-order chi connectivity index (χ0) is 17.4. The molecule has 0 saturated carbocycles. The molecule has 1 N–H and O–H groups in total. The van der Waals surface area contributed by atoms with Crippen molar-refractivity contribution in [1.82, 2.24) is 9.88 Å². The van der Waals surface area contributed by atoms with Crippen molar-refractivity contribution in [3.8, 4) is 0 Å². The molecule has 0 saturated heterocycles. The average Bonchev–Trinajstić information content (AvgIpc) is 3.08. The number of nitrogens with zero attached hydrogens (tertiary/aromatic N) is 1. The van der Waals surface area contributed by atoms with E-state index in [1.807, 2.05) is 30.0 Å². The van der Waals surface area contributed by atoms with Crippen LogP contribution in [-0.2, 0) is 0 Å². The van der Waals surface area contributed by atoms with Gasteiger partial charge < -0.3 is 9.88 Å². The standard InChI is InChI=1S/C22H22N2O/c1-15-6-5-8-18(16(15)2)22(25)24-12-10-17(11-13-24)20-14-23-21-9-4-3-7-19(20)21/h3-10,14,23H,11-13H2,1-2H3. The van der Waals surface area contributed by atoms with Gasteiger partial charge in [0.15, 0.2) is 0 Å². The average molecular weight is 330 g/mol. The first-order chi connectivity index (χ1) is 12.1. The van der Waals surface area contributed by atoms with Crippen molar-refractivity contribution in [3.63, 3.8) is 0 Å². The monoisotopic (exact) mass is 330 g/mol. The van der Waals surface area contributed by atoms with Gasteiger partial charge in [-0.05, 0) is 49.1 Å². The molecular formula is C22H22N2O. The van der Waals surface area contributed by atoms with E-state index in [4.69, 9.17) is 0 Å². The Labute approximate surface area is 148 Å². The van der Waals surface area contributed by atoms with Gasteiger partial charge in [-0.15, -0.1) is 0 Å². The maximum Gasteiger partial charge on any atom is 0.254 e. The minimum atomic E-state index is 0.135. The van der Waals surface area contributed by atoms with Crippen LogP contribution in [0.15, 0.2) is 54.7 Å². The fraction of sp³-hybridized carbons (Fsp3) is 0.227. The predicted octanol–water partition coefficient (Wildman–Crippen LogP) is 4.71. The Morgan fingerprint density at radius 2 is 1.92 bits per heavy atom. The minimum Gasteiger partial charge on any atom is -0.361 e. The van der Waals surface area contributed by atoms with Crippen LogP contribution >= 0.6 is 0 Å². The Balaban J connectivity index is 1.58. The number of H-pyrrole nitrogens is 1. The van der Waals surface area contributed by atoms with E-state index in [2.05, 4.69) is 48.4 Å². The first-order valence-electron chi connectivity index (χ1n) is 8.76. The molecule has 1 aliphatic heterocycles. The molecule has 1 amide bonds. The number of fused-ring (bicyclic) bond motifs is 1. The summed E-state index contributed by atoms with van der Waals surface area (Å²) in [5, 5.41) is 1.25. The van der Waals surface area contributed by atoms with E-state index in [9.17, 15) is 4.79 Å². The van der Waals surface area contributed by atoms with Crippen molar-refractivity contribution in [1.29, 1.82) is 0 Å². The largest absolute Gasteiger partial charge is 0.361 e. The number of nitrogens with one attached hydrogen (secondary N) is 1. The number of aromatic amines is 1. The lowest BCUT2D eigenvalue weighted by Crippen LogP contribution is -2.35. The number of hydrogen-bond acceptors (Lipinski definition) is 1. The van der Waals surface area contributed by atoms with E-state index in [0.29, 0.717) is 6.54 Å². The van der Waals surface area contributed by atoms with E-state index in [1.54, 1.807) is 0 Å². The number of aryl methyl sites for hydroxylation is 1. The Kier molecular flexibility index (Phi) is 3.92. The number of carbonyl (C=O) groups excluding carboxylic acids is 1. The normalized spacial score (nSPS) is 14.6. The van der Waals surface area contributed by atoms with Crippen LogP contribution in [0.1, 0.15) is 33.5 Å². The summed E-state index contributed by atoms with van der Waals surface area (Å²) < 4.78 is 0. The van der Waals surface area contributed by atoms with E-state index in [0.717, 1.165) is 35.2 Å². The number of rotatable bonds is 2. The Morgan fingerprint density at radius 1 is 1.08 bits per heavy atom. The fourth-order valence-electron chi connectivity index (χ4n) is 3.59. The van der Waals surface area contributed by atoms with Gasteiger partial charge in [-0.1, -0.05) is 36.4 Å². The SMILES string of the molecule is Cc1cccc(C(=O)N2CC=C(c3c[nH]c4ccccc34)CC2)c1C. The summed E-state index contributed by atoms with van der Waals surface area (Å²) in [6, 6.07) is 14.3. The van der Waals surface area contributed by atoms with E-state index >= 15 is 0 Å². The summed E-state index contributed by atoms with van der Waals surface area (Å²) in [7, 11) is 0. The van der Waals surface area contributed by atoms with Crippen LogP contribution in [0, 0.1) is 13.8 Å². The molecule has 25 heavy (non-hydrogen) atoms. The van der Waals surface area contributed by atoms with Crippen molar-refractivity contribution in [2.24, 2.45) is 0 Å². The maximum absolute atomic E-state index is 12.9. The highest BCUT2D eigenvalue weighted by atomic mass is 16.2. The predicted molar refractivity (Wildman–Crippen MR) is 103 cm³/mol. The molecule has 0 aliphatic carbocycles. The quantitative estimate of drug-likeness (QED) is 0.725. The van der Waals surface area contributed by atoms with Gasteiger partial charge in [-0.25, -0.2) is 0 Å². The van der Waals surface area contributed by atoms with Gasteiger partial charge in [0.2, 0.25) is 0 Å². The van der Waals surface area contributed by atoms with Crippen LogP contribution in [0.5, 0.6) is 0 Å². The van der Waals surface area contributed by atoms with Crippen molar-refractivity contribution in [2.75, 3.05) is 13.1 Å². The van der Waals surface area contributed by atoms with Crippen molar-refractivity contribution in [3.05, 3.63) is 77.0 Å². The summed E-state index contributed by atoms with van der Waals surface area (Å²) in [5.41, 5.74) is 6.81. The lowest BCUT2D eigenvalue weighted by molar-refractivity contribution is 0.0772. The molecular weight excluding hydrogens is 308 g/mol. The van der Waals surface area contributed by atoms with E-state index in [-0.39, 0.29) is 5.91 Å². The molecule has 3 aromatic rings. The zero-order valence-electron chi connectivity index (χ0n) is 14.7. The van der Waals surface area contributed by atoms with Crippen LogP contribution in [0.25, 0.3) is 16.5 Å². The summed E-state index contributed by atoms with van der Waals surface area (Å²) in [6.45, 7) is 5.51. The van der Waals surface area contributed by atoms with E-state index in [1.165, 1.54) is 16.5 Å². The first-order valence-corrected chi connectivity index (χ1v) is 8.76. The third-order valence-electron chi connectivity index (χ3n) is 5.27. The molecule has 126 valence electrons. The zero-order valence-corrected chi connectivity index (χ0v) is 14.7.